The normalized spacial score (nSPS) is 13.9. The fourth-order valence-corrected chi connectivity index (χ4v) is 2.53. The van der Waals surface area contributed by atoms with Gasteiger partial charge in [0.15, 0.2) is 5.78 Å². The summed E-state index contributed by atoms with van der Waals surface area (Å²) >= 11 is 0. The number of halogens is 1. The number of fused-ring (bicyclic) bond motifs is 1. The minimum Gasteiger partial charge on any atom is -0.423 e. The third kappa shape index (κ3) is 3.04. The number of hydrogen-bond donors (Lipinski definition) is 1. The molecule has 2 aromatic rings. The van der Waals surface area contributed by atoms with Crippen molar-refractivity contribution in [3.8, 4) is 0 Å². The molecule has 1 N–H and O–H groups in total. The minimum atomic E-state index is -0.932. The lowest BCUT2D eigenvalue weighted by molar-refractivity contribution is 0.0992. The number of rotatable bonds is 3. The van der Waals surface area contributed by atoms with Crippen molar-refractivity contribution in [1.29, 1.82) is 0 Å². The number of carbonyl (C=O) groups excluding carboxylic acids is 1. The quantitative estimate of drug-likeness (QED) is 0.686. The van der Waals surface area contributed by atoms with Crippen LogP contribution in [-0.4, -0.2) is 24.5 Å². The van der Waals surface area contributed by atoms with Crippen LogP contribution in [0.2, 0.25) is 0 Å². The first-order valence-electron chi connectivity index (χ1n) is 6.83. The summed E-state index contributed by atoms with van der Waals surface area (Å²) in [5, 5.41) is 9.82. The van der Waals surface area contributed by atoms with Crippen molar-refractivity contribution in [1.82, 2.24) is 0 Å². The van der Waals surface area contributed by atoms with Crippen LogP contribution in [0.25, 0.3) is 0 Å². The fraction of sp³-hybridized carbons (Fsp3) is 0.188. The summed E-state index contributed by atoms with van der Waals surface area (Å²) in [4.78, 5) is 12.2. The molecule has 3 rings (SSSR count). The van der Waals surface area contributed by atoms with Gasteiger partial charge >= 0.3 is 7.12 Å². The van der Waals surface area contributed by atoms with Crippen molar-refractivity contribution >= 4 is 18.4 Å². The molecule has 1 aliphatic rings. The smallest absolute Gasteiger partial charge is 0.423 e. The van der Waals surface area contributed by atoms with Gasteiger partial charge in [-0.05, 0) is 35.1 Å². The maximum absolute atomic E-state index is 13.1. The van der Waals surface area contributed by atoms with Gasteiger partial charge in [-0.25, -0.2) is 4.39 Å². The van der Waals surface area contributed by atoms with Gasteiger partial charge in [-0.3, -0.25) is 4.79 Å². The Labute approximate surface area is 122 Å². The third-order valence-electron chi connectivity index (χ3n) is 3.63. The molecule has 0 saturated heterocycles. The summed E-state index contributed by atoms with van der Waals surface area (Å²) in [6, 6.07) is 11.2. The van der Waals surface area contributed by atoms with Crippen molar-refractivity contribution in [2.24, 2.45) is 0 Å². The highest BCUT2D eigenvalue weighted by atomic mass is 19.1. The number of benzene rings is 2. The monoisotopic (exact) mass is 284 g/mol. The van der Waals surface area contributed by atoms with Crippen LogP contribution >= 0.6 is 0 Å². The summed E-state index contributed by atoms with van der Waals surface area (Å²) < 4.78 is 18.3. The Balaban J connectivity index is 1.82. The van der Waals surface area contributed by atoms with E-state index in [0.29, 0.717) is 17.6 Å². The molecule has 1 heterocycles. The van der Waals surface area contributed by atoms with Gasteiger partial charge in [-0.2, -0.15) is 0 Å². The van der Waals surface area contributed by atoms with Crippen LogP contribution in [0.3, 0.4) is 0 Å². The Morgan fingerprint density at radius 3 is 2.95 bits per heavy atom. The number of ketones is 1. The van der Waals surface area contributed by atoms with Gasteiger partial charge in [0.25, 0.3) is 0 Å². The van der Waals surface area contributed by atoms with Crippen molar-refractivity contribution < 1.29 is 18.9 Å². The molecule has 1 aliphatic heterocycles. The van der Waals surface area contributed by atoms with Gasteiger partial charge in [-0.15, -0.1) is 0 Å². The van der Waals surface area contributed by atoms with Crippen LogP contribution in [0.5, 0.6) is 0 Å². The molecule has 2 aromatic carbocycles. The molecule has 0 unspecified atom stereocenters. The predicted octanol–water partition coefficient (Wildman–Crippen LogP) is 1.51. The maximum Gasteiger partial charge on any atom is 0.491 e. The maximum atomic E-state index is 13.1. The minimum absolute atomic E-state index is 0.152. The molecule has 3 nitrogen and oxygen atoms in total. The molecule has 106 valence electrons. The van der Waals surface area contributed by atoms with E-state index < -0.39 is 12.9 Å². The molecule has 0 aromatic heterocycles. The molecule has 0 saturated carbocycles. The van der Waals surface area contributed by atoms with E-state index in [1.54, 1.807) is 12.1 Å². The SMILES string of the molecule is O=C(Cc1ccc2c(c1)B(O)OCC2)c1cccc(F)c1. The van der Waals surface area contributed by atoms with E-state index in [9.17, 15) is 14.2 Å². The van der Waals surface area contributed by atoms with Crippen LogP contribution in [-0.2, 0) is 17.5 Å². The Morgan fingerprint density at radius 1 is 1.29 bits per heavy atom. The molecule has 21 heavy (non-hydrogen) atoms. The third-order valence-corrected chi connectivity index (χ3v) is 3.63. The summed E-state index contributed by atoms with van der Waals surface area (Å²) in [5.74, 6) is -0.573. The largest absolute Gasteiger partial charge is 0.491 e. The highest BCUT2D eigenvalue weighted by Gasteiger charge is 2.25. The van der Waals surface area contributed by atoms with Crippen LogP contribution in [0.15, 0.2) is 42.5 Å². The lowest BCUT2D eigenvalue weighted by Gasteiger charge is -2.19. The average Bonchev–Trinajstić information content (AvgIpc) is 2.48. The Bertz CT molecular complexity index is 687. The molecule has 0 atom stereocenters. The van der Waals surface area contributed by atoms with Gasteiger partial charge in [0.1, 0.15) is 5.82 Å². The zero-order valence-corrected chi connectivity index (χ0v) is 11.4. The Hall–Kier alpha value is -1.98. The number of hydrogen-bond acceptors (Lipinski definition) is 3. The van der Waals surface area contributed by atoms with Crippen molar-refractivity contribution in [3.05, 3.63) is 65.0 Å². The van der Waals surface area contributed by atoms with E-state index in [-0.39, 0.29) is 12.2 Å². The van der Waals surface area contributed by atoms with E-state index in [4.69, 9.17) is 4.65 Å². The van der Waals surface area contributed by atoms with Gasteiger partial charge < -0.3 is 9.68 Å². The summed E-state index contributed by atoms with van der Waals surface area (Å²) in [6.45, 7) is 0.496. The molecule has 0 aliphatic carbocycles. The molecule has 0 fully saturated rings. The van der Waals surface area contributed by atoms with E-state index in [1.807, 2.05) is 12.1 Å². The van der Waals surface area contributed by atoms with Gasteiger partial charge in [0.2, 0.25) is 0 Å². The van der Waals surface area contributed by atoms with Gasteiger partial charge in [-0.1, -0.05) is 30.3 Å². The molecule has 0 amide bonds. The molecule has 0 bridgehead atoms. The second-order valence-corrected chi connectivity index (χ2v) is 5.12. The van der Waals surface area contributed by atoms with Gasteiger partial charge in [0, 0.05) is 18.6 Å². The molecular formula is C16H14BFO3. The number of carbonyl (C=O) groups is 1. The fourth-order valence-electron chi connectivity index (χ4n) is 2.53. The van der Waals surface area contributed by atoms with Crippen molar-refractivity contribution in [3.63, 3.8) is 0 Å². The van der Waals surface area contributed by atoms with E-state index in [0.717, 1.165) is 17.5 Å². The highest BCUT2D eigenvalue weighted by Crippen LogP contribution is 2.12. The summed E-state index contributed by atoms with van der Waals surface area (Å²) in [6.07, 6.45) is 0.925. The van der Waals surface area contributed by atoms with Gasteiger partial charge in [0.05, 0.1) is 0 Å². The topological polar surface area (TPSA) is 46.5 Å². The van der Waals surface area contributed by atoms with E-state index in [2.05, 4.69) is 0 Å². The van der Waals surface area contributed by atoms with E-state index in [1.165, 1.54) is 18.2 Å². The summed E-state index contributed by atoms with van der Waals surface area (Å²) in [5.41, 5.74) is 2.89. The van der Waals surface area contributed by atoms with Crippen LogP contribution < -0.4 is 5.46 Å². The predicted molar refractivity (Wildman–Crippen MR) is 78.1 cm³/mol. The second kappa shape index (κ2) is 5.80. The Morgan fingerprint density at radius 2 is 2.14 bits per heavy atom. The Kier molecular flexibility index (Phi) is 3.86. The zero-order valence-electron chi connectivity index (χ0n) is 11.4. The lowest BCUT2D eigenvalue weighted by atomic mass is 9.73. The van der Waals surface area contributed by atoms with Crippen LogP contribution in [0.4, 0.5) is 4.39 Å². The average molecular weight is 284 g/mol. The zero-order chi connectivity index (χ0) is 14.8. The standard InChI is InChI=1S/C16H14BFO3/c18-14-3-1-2-13(10-14)16(19)9-11-4-5-12-6-7-21-17(20)15(12)8-11/h1-5,8,10,20H,6-7,9H2. The molecule has 0 radical (unpaired) electrons. The van der Waals surface area contributed by atoms with Crippen LogP contribution in [0, 0.1) is 5.82 Å². The van der Waals surface area contributed by atoms with Crippen molar-refractivity contribution in [2.45, 2.75) is 12.8 Å². The van der Waals surface area contributed by atoms with Crippen molar-refractivity contribution in [2.75, 3.05) is 6.61 Å². The highest BCUT2D eigenvalue weighted by molar-refractivity contribution is 6.60. The number of Topliss-reactive ketones (excluding diaryl/α,β-unsaturated/α-hetero) is 1. The molecule has 5 heteroatoms. The summed E-state index contributed by atoms with van der Waals surface area (Å²) in [7, 11) is -0.932. The van der Waals surface area contributed by atoms with E-state index >= 15 is 0 Å². The lowest BCUT2D eigenvalue weighted by Crippen LogP contribution is -2.41. The molecular weight excluding hydrogens is 270 g/mol. The second-order valence-electron chi connectivity index (χ2n) is 5.12. The molecule has 0 spiro atoms. The van der Waals surface area contributed by atoms with Crippen LogP contribution in [0.1, 0.15) is 21.5 Å². The first-order valence-corrected chi connectivity index (χ1v) is 6.83. The first kappa shape index (κ1) is 14.0. The first-order chi connectivity index (χ1) is 10.1.